The summed E-state index contributed by atoms with van der Waals surface area (Å²) in [5, 5.41) is 7.06. The number of benzene rings is 1. The average Bonchev–Trinajstić information content (AvgIpc) is 3.20. The minimum atomic E-state index is 0.551. The lowest BCUT2D eigenvalue weighted by Crippen LogP contribution is -2.47. The zero-order chi connectivity index (χ0) is 18.8. The Balaban J connectivity index is 1.05. The smallest absolute Gasteiger partial charge is 0.222 e. The van der Waals surface area contributed by atoms with E-state index in [1.807, 2.05) is 17.4 Å². The molecule has 0 atom stereocenters. The summed E-state index contributed by atoms with van der Waals surface area (Å²) in [7, 11) is 0. The maximum Gasteiger partial charge on any atom is 0.222 e. The summed E-state index contributed by atoms with van der Waals surface area (Å²) in [5.74, 6) is 1.61. The number of nitrogens with zero attached hydrogens (tertiary/aromatic N) is 4. The first kappa shape index (κ1) is 17.9. The Labute approximate surface area is 170 Å². The Kier molecular flexibility index (Phi) is 5.14. The predicted molar refractivity (Wildman–Crippen MR) is 117 cm³/mol. The quantitative estimate of drug-likeness (QED) is 0.683. The van der Waals surface area contributed by atoms with Gasteiger partial charge in [0, 0.05) is 60.4 Å². The topological polar surface area (TPSA) is 44.3 Å². The molecule has 0 spiro atoms. The van der Waals surface area contributed by atoms with Crippen molar-refractivity contribution in [3.05, 3.63) is 48.1 Å². The summed E-state index contributed by atoms with van der Waals surface area (Å²) in [6.07, 6.45) is 7.40. The van der Waals surface area contributed by atoms with Gasteiger partial charge in [0.15, 0.2) is 0 Å². The van der Waals surface area contributed by atoms with E-state index in [0.29, 0.717) is 6.04 Å². The van der Waals surface area contributed by atoms with Crippen LogP contribution >= 0.6 is 11.3 Å². The number of rotatable bonds is 6. The molecule has 146 valence electrons. The number of hydrogen-bond acceptors (Lipinski definition) is 6. The summed E-state index contributed by atoms with van der Waals surface area (Å²) < 4.78 is 1.40. The van der Waals surface area contributed by atoms with Crippen molar-refractivity contribution in [3.63, 3.8) is 0 Å². The van der Waals surface area contributed by atoms with E-state index >= 15 is 0 Å². The van der Waals surface area contributed by atoms with Crippen molar-refractivity contribution in [1.29, 1.82) is 0 Å². The van der Waals surface area contributed by atoms with E-state index in [1.54, 1.807) is 12.4 Å². The fourth-order valence-corrected chi connectivity index (χ4v) is 5.28. The molecule has 1 saturated carbocycles. The highest BCUT2D eigenvalue weighted by Crippen LogP contribution is 2.33. The Morgan fingerprint density at radius 1 is 1.00 bits per heavy atom. The van der Waals surface area contributed by atoms with E-state index in [-0.39, 0.29) is 0 Å². The van der Waals surface area contributed by atoms with Gasteiger partial charge >= 0.3 is 0 Å². The number of piperazine rings is 1. The molecule has 2 aliphatic rings. The van der Waals surface area contributed by atoms with Crippen molar-refractivity contribution in [2.75, 3.05) is 42.9 Å². The van der Waals surface area contributed by atoms with Gasteiger partial charge in [-0.25, -0.2) is 9.97 Å². The van der Waals surface area contributed by atoms with Gasteiger partial charge in [0.25, 0.3) is 0 Å². The molecule has 0 bridgehead atoms. The van der Waals surface area contributed by atoms with Gasteiger partial charge in [-0.05, 0) is 61.4 Å². The summed E-state index contributed by atoms with van der Waals surface area (Å²) in [4.78, 5) is 13.7. The fourth-order valence-electron chi connectivity index (χ4n) is 4.48. The molecule has 0 unspecified atom stereocenters. The van der Waals surface area contributed by atoms with E-state index in [2.05, 4.69) is 54.7 Å². The number of thiophene rings is 1. The maximum atomic E-state index is 4.26. The molecule has 0 amide bonds. The number of aromatic nitrogens is 2. The molecule has 1 aliphatic carbocycles. The maximum absolute atomic E-state index is 4.26. The third-order valence-corrected chi connectivity index (χ3v) is 7.06. The van der Waals surface area contributed by atoms with Gasteiger partial charge in [-0.3, -0.25) is 4.90 Å². The first-order chi connectivity index (χ1) is 13.8. The number of hydrogen-bond donors (Lipinski definition) is 1. The second-order valence-corrected chi connectivity index (χ2v) is 8.93. The van der Waals surface area contributed by atoms with Crippen LogP contribution in [-0.4, -0.2) is 53.6 Å². The molecule has 2 aromatic heterocycles. The van der Waals surface area contributed by atoms with Crippen molar-refractivity contribution < 1.29 is 0 Å². The van der Waals surface area contributed by atoms with Crippen molar-refractivity contribution in [2.24, 2.45) is 5.92 Å². The largest absolute Gasteiger partial charge is 0.368 e. The molecular weight excluding hydrogens is 366 g/mol. The van der Waals surface area contributed by atoms with Crippen LogP contribution in [0, 0.1) is 5.92 Å². The highest BCUT2D eigenvalue weighted by molar-refractivity contribution is 7.17. The third-order valence-electron chi connectivity index (χ3n) is 6.17. The van der Waals surface area contributed by atoms with Crippen LogP contribution in [0.5, 0.6) is 0 Å². The Morgan fingerprint density at radius 2 is 1.82 bits per heavy atom. The van der Waals surface area contributed by atoms with Crippen LogP contribution in [0.25, 0.3) is 10.1 Å². The van der Waals surface area contributed by atoms with Gasteiger partial charge in [0.2, 0.25) is 5.95 Å². The van der Waals surface area contributed by atoms with E-state index < -0.39 is 0 Å². The molecule has 1 N–H and O–H groups in total. The van der Waals surface area contributed by atoms with Crippen LogP contribution in [0.4, 0.5) is 11.6 Å². The van der Waals surface area contributed by atoms with Gasteiger partial charge in [0.1, 0.15) is 0 Å². The average molecular weight is 394 g/mol. The van der Waals surface area contributed by atoms with Gasteiger partial charge in [0.05, 0.1) is 0 Å². The Morgan fingerprint density at radius 3 is 2.64 bits per heavy atom. The summed E-state index contributed by atoms with van der Waals surface area (Å²) in [5.41, 5.74) is 1.41. The molecule has 1 saturated heterocycles. The lowest BCUT2D eigenvalue weighted by molar-refractivity contribution is 0.195. The monoisotopic (exact) mass is 393 g/mol. The first-order valence-electron chi connectivity index (χ1n) is 10.3. The van der Waals surface area contributed by atoms with Crippen LogP contribution in [0.3, 0.4) is 0 Å². The van der Waals surface area contributed by atoms with E-state index in [0.717, 1.165) is 25.0 Å². The lowest BCUT2D eigenvalue weighted by Gasteiger charge is -2.39. The van der Waals surface area contributed by atoms with Crippen LogP contribution in [-0.2, 0) is 0 Å². The molecule has 5 nitrogen and oxygen atoms in total. The second kappa shape index (κ2) is 8.05. The van der Waals surface area contributed by atoms with Crippen LogP contribution in [0.15, 0.2) is 48.1 Å². The van der Waals surface area contributed by atoms with E-state index in [9.17, 15) is 0 Å². The van der Waals surface area contributed by atoms with Crippen molar-refractivity contribution in [3.8, 4) is 0 Å². The van der Waals surface area contributed by atoms with E-state index in [1.165, 1.54) is 54.7 Å². The van der Waals surface area contributed by atoms with Crippen LogP contribution in [0.1, 0.15) is 19.3 Å². The van der Waals surface area contributed by atoms with Gasteiger partial charge < -0.3 is 10.2 Å². The van der Waals surface area contributed by atoms with E-state index in [4.69, 9.17) is 0 Å². The molecule has 0 radical (unpaired) electrons. The zero-order valence-electron chi connectivity index (χ0n) is 16.1. The third kappa shape index (κ3) is 3.84. The van der Waals surface area contributed by atoms with Crippen LogP contribution < -0.4 is 10.2 Å². The molecule has 5 rings (SSSR count). The van der Waals surface area contributed by atoms with Gasteiger partial charge in [-0.15, -0.1) is 11.3 Å². The molecule has 1 aliphatic heterocycles. The first-order valence-corrected chi connectivity index (χ1v) is 11.2. The second-order valence-electron chi connectivity index (χ2n) is 7.98. The summed E-state index contributed by atoms with van der Waals surface area (Å²) >= 11 is 1.84. The van der Waals surface area contributed by atoms with Gasteiger partial charge in [-0.1, -0.05) is 6.07 Å². The number of nitrogens with one attached hydrogen (secondary N) is 1. The predicted octanol–water partition coefficient (Wildman–Crippen LogP) is 4.09. The van der Waals surface area contributed by atoms with Crippen molar-refractivity contribution in [1.82, 2.24) is 14.9 Å². The summed E-state index contributed by atoms with van der Waals surface area (Å²) in [6, 6.07) is 11.4. The molecule has 3 heterocycles. The molecule has 2 fully saturated rings. The summed E-state index contributed by atoms with van der Waals surface area (Å²) in [6.45, 7) is 5.85. The standard InChI is InChI=1S/C22H27N5S/c1-3-20(19-6-14-28-21(19)4-1)27-12-10-26(11-13-27)9-5-17-15-18(16-17)25-22-23-7-2-8-24-22/h1-4,6-8,14,17-18H,5,9-13,15-16H2,(H,23,24,25)/t17-,18-. The van der Waals surface area contributed by atoms with Crippen molar-refractivity contribution >= 4 is 33.1 Å². The highest BCUT2D eigenvalue weighted by Gasteiger charge is 2.30. The molecule has 3 aromatic rings. The van der Waals surface area contributed by atoms with Gasteiger partial charge in [-0.2, -0.15) is 0 Å². The SMILES string of the molecule is c1cnc(N[C@H]2C[C@H](CCN3CCN(c4cccc5sccc45)CC3)C2)nc1. The molecule has 6 heteroatoms. The highest BCUT2D eigenvalue weighted by atomic mass is 32.1. The molecule has 28 heavy (non-hydrogen) atoms. The minimum Gasteiger partial charge on any atom is -0.368 e. The normalized spacial score (nSPS) is 22.9. The fraction of sp³-hybridized carbons (Fsp3) is 0.455. The minimum absolute atomic E-state index is 0.551. The molecule has 1 aromatic carbocycles. The Hall–Kier alpha value is -2.18. The zero-order valence-corrected chi connectivity index (χ0v) is 16.9. The molecular formula is C22H27N5S. The number of anilines is 2. The Bertz CT molecular complexity index is 897. The van der Waals surface area contributed by atoms with Crippen LogP contribution in [0.2, 0.25) is 0 Å². The number of fused-ring (bicyclic) bond motifs is 1. The lowest BCUT2D eigenvalue weighted by atomic mass is 9.78. The van der Waals surface area contributed by atoms with Crippen molar-refractivity contribution in [2.45, 2.75) is 25.3 Å².